The van der Waals surface area contributed by atoms with Crippen molar-refractivity contribution in [2.45, 2.75) is 45.7 Å². The first-order chi connectivity index (χ1) is 15.9. The smallest absolute Gasteiger partial charge is 0.273 e. The van der Waals surface area contributed by atoms with Crippen molar-refractivity contribution in [3.05, 3.63) is 87.4 Å². The van der Waals surface area contributed by atoms with Crippen molar-refractivity contribution >= 4 is 17.2 Å². The van der Waals surface area contributed by atoms with Crippen LogP contribution in [-0.4, -0.2) is 46.0 Å². The minimum atomic E-state index is -0.279. The molecule has 2 aromatic carbocycles. The Hall–Kier alpha value is -2.68. The van der Waals surface area contributed by atoms with Crippen LogP contribution in [0.5, 0.6) is 0 Å². The Morgan fingerprint density at radius 2 is 1.48 bits per heavy atom. The van der Waals surface area contributed by atoms with Crippen molar-refractivity contribution in [1.82, 2.24) is 14.8 Å². The largest absolute Gasteiger partial charge is 0.372 e. The molecule has 0 radical (unpaired) electrons. The number of hydrogen-bond donors (Lipinski definition) is 0. The van der Waals surface area contributed by atoms with Crippen molar-refractivity contribution in [1.29, 1.82) is 0 Å². The quantitative estimate of drug-likeness (QED) is 0.493. The zero-order chi connectivity index (χ0) is 23.4. The number of thiazole rings is 1. The lowest BCUT2D eigenvalue weighted by molar-refractivity contribution is -0.0587. The van der Waals surface area contributed by atoms with E-state index in [0.29, 0.717) is 38.4 Å². The molecule has 1 amide bonds. The lowest BCUT2D eigenvalue weighted by Crippen LogP contribution is -2.48. The maximum atomic E-state index is 13.3. The monoisotopic (exact) mass is 471 g/mol. The topological polar surface area (TPSA) is 45.7 Å². The summed E-state index contributed by atoms with van der Waals surface area (Å²) in [6.07, 6.45) is -0.00423. The van der Waals surface area contributed by atoms with Crippen LogP contribution < -0.4 is 0 Å². The lowest BCUT2D eigenvalue weighted by atomic mass is 10.1. The number of rotatable bonds is 7. The van der Waals surface area contributed by atoms with Gasteiger partial charge in [-0.1, -0.05) is 24.3 Å². The number of halogens is 2. The molecule has 1 saturated heterocycles. The molecule has 1 aromatic heterocycles. The average Bonchev–Trinajstić information content (AvgIpc) is 3.24. The number of carbonyl (C=O) groups excluding carboxylic acids is 1. The number of ether oxygens (including phenoxy) is 1. The van der Waals surface area contributed by atoms with Gasteiger partial charge in [-0.3, -0.25) is 9.69 Å². The Balaban J connectivity index is 1.48. The molecule has 0 saturated carbocycles. The molecule has 5 nitrogen and oxygen atoms in total. The highest BCUT2D eigenvalue weighted by molar-refractivity contribution is 7.09. The van der Waals surface area contributed by atoms with Gasteiger partial charge in [0.1, 0.15) is 22.3 Å². The molecule has 0 N–H and O–H groups in total. The molecule has 3 aromatic rings. The fourth-order valence-corrected chi connectivity index (χ4v) is 4.85. The van der Waals surface area contributed by atoms with Crippen LogP contribution in [0.4, 0.5) is 8.78 Å². The molecular formula is C25H27F2N3O2S. The van der Waals surface area contributed by atoms with Gasteiger partial charge in [0.15, 0.2) is 0 Å². The van der Waals surface area contributed by atoms with E-state index in [-0.39, 0.29) is 29.7 Å². The van der Waals surface area contributed by atoms with Crippen LogP contribution in [0.1, 0.15) is 40.5 Å². The van der Waals surface area contributed by atoms with Gasteiger partial charge in [0.25, 0.3) is 5.91 Å². The van der Waals surface area contributed by atoms with Crippen LogP contribution >= 0.6 is 11.3 Å². The Kier molecular flexibility index (Phi) is 7.47. The van der Waals surface area contributed by atoms with Crippen molar-refractivity contribution in [3.63, 3.8) is 0 Å². The van der Waals surface area contributed by atoms with Gasteiger partial charge in [0.2, 0.25) is 0 Å². The standard InChI is InChI=1S/C25H27F2N3O2S/c1-17-11-30(12-18(2)32-17)25(31)23-16-33-24(28-23)15-29(13-19-3-7-21(26)8-4-19)14-20-5-9-22(27)10-6-20/h3-10,16-18H,11-15H2,1-2H3. The van der Waals surface area contributed by atoms with E-state index in [1.165, 1.54) is 35.6 Å². The molecule has 1 fully saturated rings. The highest BCUT2D eigenvalue weighted by Crippen LogP contribution is 2.20. The molecule has 0 spiro atoms. The maximum absolute atomic E-state index is 13.3. The Morgan fingerprint density at radius 1 is 0.970 bits per heavy atom. The van der Waals surface area contributed by atoms with Crippen LogP contribution in [0.3, 0.4) is 0 Å². The Morgan fingerprint density at radius 3 is 2.00 bits per heavy atom. The van der Waals surface area contributed by atoms with E-state index in [2.05, 4.69) is 9.88 Å². The summed E-state index contributed by atoms with van der Waals surface area (Å²) in [5, 5.41) is 2.62. The second kappa shape index (κ2) is 10.5. The predicted molar refractivity (Wildman–Crippen MR) is 124 cm³/mol. The number of hydrogen-bond acceptors (Lipinski definition) is 5. The molecule has 8 heteroatoms. The first-order valence-electron chi connectivity index (χ1n) is 11.0. The summed E-state index contributed by atoms with van der Waals surface area (Å²) in [5.74, 6) is -0.638. The number of benzene rings is 2. The summed E-state index contributed by atoms with van der Waals surface area (Å²) < 4.78 is 32.4. The predicted octanol–water partition coefficient (Wildman–Crippen LogP) is 4.87. The van der Waals surface area contributed by atoms with Gasteiger partial charge in [-0.25, -0.2) is 13.8 Å². The molecule has 2 heterocycles. The van der Waals surface area contributed by atoms with Crippen LogP contribution in [0.15, 0.2) is 53.9 Å². The normalized spacial score (nSPS) is 18.6. The van der Waals surface area contributed by atoms with Gasteiger partial charge >= 0.3 is 0 Å². The summed E-state index contributed by atoms with van der Waals surface area (Å²) >= 11 is 1.45. The molecule has 4 rings (SSSR count). The van der Waals surface area contributed by atoms with Gasteiger partial charge in [0, 0.05) is 31.6 Å². The van der Waals surface area contributed by atoms with Crippen molar-refractivity contribution < 1.29 is 18.3 Å². The summed E-state index contributed by atoms with van der Waals surface area (Å²) in [4.78, 5) is 21.5. The number of amides is 1. The summed E-state index contributed by atoms with van der Waals surface area (Å²) in [5.41, 5.74) is 2.37. The van der Waals surface area contributed by atoms with Gasteiger partial charge in [0.05, 0.1) is 18.8 Å². The molecule has 33 heavy (non-hydrogen) atoms. The van der Waals surface area contributed by atoms with E-state index < -0.39 is 0 Å². The fourth-order valence-electron chi connectivity index (χ4n) is 4.04. The van der Waals surface area contributed by atoms with Crippen LogP contribution in [0.25, 0.3) is 0 Å². The number of carbonyl (C=O) groups is 1. The molecule has 2 atom stereocenters. The third kappa shape index (κ3) is 6.43. The number of nitrogens with zero attached hydrogens (tertiary/aromatic N) is 3. The molecule has 0 aliphatic carbocycles. The van der Waals surface area contributed by atoms with E-state index in [9.17, 15) is 13.6 Å². The zero-order valence-electron chi connectivity index (χ0n) is 18.7. The molecule has 1 aliphatic heterocycles. The fraction of sp³-hybridized carbons (Fsp3) is 0.360. The van der Waals surface area contributed by atoms with Gasteiger partial charge in [-0.15, -0.1) is 11.3 Å². The summed E-state index contributed by atoms with van der Waals surface area (Å²) in [6.45, 7) is 6.69. The summed E-state index contributed by atoms with van der Waals surface area (Å²) in [6, 6.07) is 12.8. The molecule has 2 unspecified atom stereocenters. The zero-order valence-corrected chi connectivity index (χ0v) is 19.5. The highest BCUT2D eigenvalue weighted by atomic mass is 32.1. The van der Waals surface area contributed by atoms with E-state index in [1.54, 1.807) is 34.5 Å². The molecule has 0 bridgehead atoms. The van der Waals surface area contributed by atoms with E-state index >= 15 is 0 Å². The number of morpholine rings is 1. The maximum Gasteiger partial charge on any atom is 0.273 e. The first-order valence-corrected chi connectivity index (χ1v) is 11.8. The minimum Gasteiger partial charge on any atom is -0.372 e. The van der Waals surface area contributed by atoms with E-state index in [1.807, 2.05) is 13.8 Å². The SMILES string of the molecule is CC1CN(C(=O)c2csc(CN(Cc3ccc(F)cc3)Cc3ccc(F)cc3)n2)CC(C)O1. The van der Waals surface area contributed by atoms with Crippen molar-refractivity contribution in [3.8, 4) is 0 Å². The van der Waals surface area contributed by atoms with Gasteiger partial charge in [-0.05, 0) is 49.2 Å². The number of aromatic nitrogens is 1. The summed E-state index contributed by atoms with van der Waals surface area (Å²) in [7, 11) is 0. The van der Waals surface area contributed by atoms with Crippen LogP contribution in [-0.2, 0) is 24.4 Å². The molecular weight excluding hydrogens is 444 g/mol. The third-order valence-electron chi connectivity index (χ3n) is 5.48. The van der Waals surface area contributed by atoms with Gasteiger partial charge in [-0.2, -0.15) is 0 Å². The van der Waals surface area contributed by atoms with Gasteiger partial charge < -0.3 is 9.64 Å². The third-order valence-corrected chi connectivity index (χ3v) is 6.31. The minimum absolute atomic E-state index is 0.00211. The van der Waals surface area contributed by atoms with Crippen LogP contribution in [0, 0.1) is 11.6 Å². The lowest BCUT2D eigenvalue weighted by Gasteiger charge is -2.34. The second-order valence-electron chi connectivity index (χ2n) is 8.49. The molecule has 1 aliphatic rings. The average molecular weight is 472 g/mol. The Labute approximate surface area is 196 Å². The Bertz CT molecular complexity index is 1010. The second-order valence-corrected chi connectivity index (χ2v) is 9.43. The molecule has 174 valence electrons. The van der Waals surface area contributed by atoms with Crippen molar-refractivity contribution in [2.24, 2.45) is 0 Å². The first kappa shape index (κ1) is 23.5. The highest BCUT2D eigenvalue weighted by Gasteiger charge is 2.28. The van der Waals surface area contributed by atoms with Crippen LogP contribution in [0.2, 0.25) is 0 Å². The van der Waals surface area contributed by atoms with E-state index in [0.717, 1.165) is 16.1 Å². The van der Waals surface area contributed by atoms with Crippen molar-refractivity contribution in [2.75, 3.05) is 13.1 Å². The van der Waals surface area contributed by atoms with E-state index in [4.69, 9.17) is 4.74 Å².